The molecular weight excluding hydrogens is 616 g/mol. The second kappa shape index (κ2) is 16.0. The van der Waals surface area contributed by atoms with Gasteiger partial charge in [0.2, 0.25) is 0 Å². The molecule has 10 heteroatoms. The Balaban J connectivity index is 0.00000245. The molecule has 5 rings (SSSR count). The fraction of sp³-hybridized carbons (Fsp3) is 0.243. The van der Waals surface area contributed by atoms with E-state index in [4.69, 9.17) is 21.1 Å². The van der Waals surface area contributed by atoms with Crippen LogP contribution in [0.3, 0.4) is 0 Å². The van der Waals surface area contributed by atoms with E-state index in [0.717, 1.165) is 33.2 Å². The van der Waals surface area contributed by atoms with Crippen LogP contribution in [0.1, 0.15) is 48.6 Å². The lowest BCUT2D eigenvalue weighted by molar-refractivity contribution is -0.145. The number of carbonyl (C=O) groups is 1. The van der Waals surface area contributed by atoms with Crippen LogP contribution in [0.15, 0.2) is 85.3 Å². The number of aromatic nitrogens is 2. The van der Waals surface area contributed by atoms with E-state index in [1.807, 2.05) is 63.4 Å². The lowest BCUT2D eigenvalue weighted by Gasteiger charge is -2.25. The normalized spacial score (nSPS) is 11.9. The predicted molar refractivity (Wildman–Crippen MR) is 182 cm³/mol. The molecule has 0 aliphatic heterocycles. The highest BCUT2D eigenvalue weighted by atomic mass is 35.5. The lowest BCUT2D eigenvalue weighted by Crippen LogP contribution is -2.52. The highest BCUT2D eigenvalue weighted by Crippen LogP contribution is 2.35. The van der Waals surface area contributed by atoms with E-state index in [-0.39, 0.29) is 19.8 Å². The van der Waals surface area contributed by atoms with Gasteiger partial charge in [-0.1, -0.05) is 61.8 Å². The molecule has 0 saturated carbocycles. The topological polar surface area (TPSA) is 138 Å². The first-order valence-electron chi connectivity index (χ1n) is 15.2. The van der Waals surface area contributed by atoms with Gasteiger partial charge in [-0.15, -0.1) is 0 Å². The summed E-state index contributed by atoms with van der Waals surface area (Å²) in [4.78, 5) is 20.4. The number of para-hydroxylation sites is 1. The molecule has 3 N–H and O–H groups in total. The predicted octanol–water partition coefficient (Wildman–Crippen LogP) is 7.24. The number of nitrogens with zero attached hydrogens (tertiary/aromatic N) is 3. The number of carboxylic acid groups (broad SMARTS) is 1. The fourth-order valence-electron chi connectivity index (χ4n) is 4.76. The Kier molecular flexibility index (Phi) is 11.9. The van der Waals surface area contributed by atoms with E-state index in [0.29, 0.717) is 33.2 Å². The zero-order valence-electron chi connectivity index (χ0n) is 26.8. The van der Waals surface area contributed by atoms with Crippen LogP contribution in [-0.2, 0) is 24.6 Å². The van der Waals surface area contributed by atoms with Crippen LogP contribution >= 0.6 is 11.6 Å². The summed E-state index contributed by atoms with van der Waals surface area (Å²) in [6.45, 7) is 7.17. The number of nitrogens with one attached hydrogen (secondary N) is 1. The van der Waals surface area contributed by atoms with Crippen molar-refractivity contribution in [2.45, 2.75) is 53.0 Å². The monoisotopic (exact) mass is 652 g/mol. The third kappa shape index (κ3) is 8.43. The van der Waals surface area contributed by atoms with Gasteiger partial charge in [-0.2, -0.15) is 5.26 Å². The van der Waals surface area contributed by atoms with Crippen molar-refractivity contribution in [2.24, 2.45) is 0 Å². The Morgan fingerprint density at radius 3 is 2.49 bits per heavy atom. The van der Waals surface area contributed by atoms with E-state index in [2.05, 4.69) is 33.5 Å². The molecule has 0 radical (unpaired) electrons. The molecule has 1 unspecified atom stereocenters. The Bertz CT molecular complexity index is 1910. The molecule has 0 bridgehead atoms. The number of benzene rings is 3. The first-order chi connectivity index (χ1) is 22.7. The van der Waals surface area contributed by atoms with Gasteiger partial charge in [0.05, 0.1) is 22.7 Å². The summed E-state index contributed by atoms with van der Waals surface area (Å²) in [6.07, 6.45) is 4.93. The van der Waals surface area contributed by atoms with Crippen molar-refractivity contribution >= 4 is 28.5 Å². The molecule has 2 aromatic heterocycles. The number of aliphatic hydroxyl groups excluding tert-OH is 1. The Morgan fingerprint density at radius 2 is 1.74 bits per heavy atom. The number of fused-ring (bicyclic) bond motifs is 1. The van der Waals surface area contributed by atoms with E-state index in [1.54, 1.807) is 24.4 Å². The molecule has 0 amide bonds. The minimum Gasteiger partial charge on any atom is -0.488 e. The molecule has 0 aliphatic rings. The number of halogens is 1. The van der Waals surface area contributed by atoms with Crippen LogP contribution in [0.2, 0.25) is 5.02 Å². The summed E-state index contributed by atoms with van der Waals surface area (Å²) in [5.41, 5.74) is 5.04. The number of pyridine rings is 2. The van der Waals surface area contributed by atoms with E-state index >= 15 is 0 Å². The average Bonchev–Trinajstić information content (AvgIpc) is 3.10. The van der Waals surface area contributed by atoms with E-state index in [1.165, 1.54) is 13.1 Å². The van der Waals surface area contributed by atoms with Crippen LogP contribution in [0.4, 0.5) is 0 Å². The van der Waals surface area contributed by atoms with Crippen LogP contribution in [0, 0.1) is 18.3 Å². The van der Waals surface area contributed by atoms with Crippen molar-refractivity contribution in [2.75, 3.05) is 6.61 Å². The zero-order valence-corrected chi connectivity index (χ0v) is 27.5. The molecule has 0 spiro atoms. The fourth-order valence-corrected chi connectivity index (χ4v) is 5.00. The molecular formula is C37H37ClN4O5. The summed E-state index contributed by atoms with van der Waals surface area (Å²) in [6, 6.07) is 23.2. The van der Waals surface area contributed by atoms with Crippen molar-refractivity contribution in [3.8, 4) is 28.7 Å². The standard InChI is InChI=1S/C35H31ClN4O5.C2H6/c1-22-26(7-5-8-29(22)27-11-25-6-3-4-9-31(25)39-17-27)20-45-33-13-32(44-19-24-10-23(14-37)15-38-16-24)28(12-30(33)36)18-40-35(2,21-41)34(42)43;1-2/h3-13,15-17,40-41H,18-21H2,1-2H3,(H,42,43);1-2H3. The maximum absolute atomic E-state index is 11.7. The minimum absolute atomic E-state index is 0.0378. The Hall–Kier alpha value is -5.01. The van der Waals surface area contributed by atoms with Crippen LogP contribution < -0.4 is 14.8 Å². The molecule has 3 aromatic carbocycles. The maximum atomic E-state index is 11.7. The lowest BCUT2D eigenvalue weighted by atomic mass is 9.97. The van der Waals surface area contributed by atoms with Gasteiger partial charge >= 0.3 is 5.97 Å². The minimum atomic E-state index is -1.58. The number of carboxylic acids is 1. The molecule has 5 aromatic rings. The van der Waals surface area contributed by atoms with Crippen molar-refractivity contribution in [3.05, 3.63) is 118 Å². The number of hydrogen-bond acceptors (Lipinski definition) is 8. The van der Waals surface area contributed by atoms with Gasteiger partial charge in [-0.3, -0.25) is 20.1 Å². The second-order valence-corrected chi connectivity index (χ2v) is 11.2. The second-order valence-electron chi connectivity index (χ2n) is 10.8. The Labute approximate surface area is 279 Å². The molecule has 0 saturated heterocycles. The third-order valence-electron chi connectivity index (χ3n) is 7.62. The first-order valence-corrected chi connectivity index (χ1v) is 15.5. The Morgan fingerprint density at radius 1 is 0.979 bits per heavy atom. The largest absolute Gasteiger partial charge is 0.488 e. The molecule has 0 aliphatic carbocycles. The smallest absolute Gasteiger partial charge is 0.326 e. The molecule has 9 nitrogen and oxygen atoms in total. The number of rotatable bonds is 12. The van der Waals surface area contributed by atoms with Gasteiger partial charge in [0.25, 0.3) is 0 Å². The van der Waals surface area contributed by atoms with Gasteiger partial charge in [0.15, 0.2) is 0 Å². The van der Waals surface area contributed by atoms with E-state index in [9.17, 15) is 20.3 Å². The molecule has 2 heterocycles. The van der Waals surface area contributed by atoms with Gasteiger partial charge in [0, 0.05) is 53.3 Å². The summed E-state index contributed by atoms with van der Waals surface area (Å²) < 4.78 is 12.3. The number of aliphatic hydroxyl groups is 1. The zero-order chi connectivity index (χ0) is 34.0. The highest BCUT2D eigenvalue weighted by molar-refractivity contribution is 6.32. The molecule has 1 atom stereocenters. The SMILES string of the molecule is CC.Cc1c(COc2cc(OCc3cncc(C#N)c3)c(CNC(C)(CO)C(=O)O)cc2Cl)cccc1-c1cnc2ccccc2c1. The maximum Gasteiger partial charge on any atom is 0.326 e. The number of hydrogen-bond donors (Lipinski definition) is 3. The molecule has 0 fully saturated rings. The van der Waals surface area contributed by atoms with Crippen LogP contribution in [0.5, 0.6) is 11.5 Å². The van der Waals surface area contributed by atoms with Gasteiger partial charge in [0.1, 0.15) is 36.3 Å². The van der Waals surface area contributed by atoms with Crippen molar-refractivity contribution in [1.29, 1.82) is 5.26 Å². The first kappa shape index (κ1) is 34.9. The summed E-state index contributed by atoms with van der Waals surface area (Å²) in [7, 11) is 0. The van der Waals surface area contributed by atoms with Crippen molar-refractivity contribution in [3.63, 3.8) is 0 Å². The summed E-state index contributed by atoms with van der Waals surface area (Å²) >= 11 is 6.66. The van der Waals surface area contributed by atoms with Crippen LogP contribution in [0.25, 0.3) is 22.0 Å². The summed E-state index contributed by atoms with van der Waals surface area (Å²) in [5.74, 6) is -0.433. The summed E-state index contributed by atoms with van der Waals surface area (Å²) in [5, 5.41) is 32.7. The number of aliphatic carboxylic acids is 1. The quantitative estimate of drug-likeness (QED) is 0.127. The average molecular weight is 653 g/mol. The van der Waals surface area contributed by atoms with E-state index < -0.39 is 18.1 Å². The van der Waals surface area contributed by atoms with Crippen molar-refractivity contribution < 1.29 is 24.5 Å². The highest BCUT2D eigenvalue weighted by Gasteiger charge is 2.32. The van der Waals surface area contributed by atoms with Gasteiger partial charge in [-0.05, 0) is 54.8 Å². The van der Waals surface area contributed by atoms with Gasteiger partial charge in [-0.25, -0.2) is 0 Å². The number of nitriles is 1. The van der Waals surface area contributed by atoms with Gasteiger partial charge < -0.3 is 19.7 Å². The number of ether oxygens (including phenoxy) is 2. The van der Waals surface area contributed by atoms with Crippen LogP contribution in [-0.4, -0.2) is 38.3 Å². The van der Waals surface area contributed by atoms with Crippen molar-refractivity contribution in [1.82, 2.24) is 15.3 Å². The molecule has 242 valence electrons. The molecule has 47 heavy (non-hydrogen) atoms. The third-order valence-corrected chi connectivity index (χ3v) is 7.92.